The van der Waals surface area contributed by atoms with Crippen LogP contribution in [0, 0.1) is 0 Å². The largest absolute Gasteiger partial charge is 0.496 e. The molecular weight excluding hydrogens is 504 g/mol. The van der Waals surface area contributed by atoms with E-state index < -0.39 is 5.97 Å². The van der Waals surface area contributed by atoms with Crippen LogP contribution in [0.3, 0.4) is 0 Å². The molecule has 3 heterocycles. The molecule has 8 nitrogen and oxygen atoms in total. The normalized spacial score (nSPS) is 16.3. The molecule has 1 N–H and O–H groups in total. The topological polar surface area (TPSA) is 84.0 Å². The van der Waals surface area contributed by atoms with Gasteiger partial charge in [0.05, 0.1) is 28.8 Å². The number of halogens is 1. The molecule has 1 saturated carbocycles. The lowest BCUT2D eigenvalue weighted by Crippen LogP contribution is -2.47. The summed E-state index contributed by atoms with van der Waals surface area (Å²) in [5.74, 6) is 1.25. The molecule has 0 bridgehead atoms. The van der Waals surface area contributed by atoms with E-state index in [1.807, 2.05) is 41.9 Å². The molecule has 2 fully saturated rings. The molecule has 2 aliphatic rings. The molecule has 198 valence electrons. The van der Waals surface area contributed by atoms with Crippen LogP contribution >= 0.6 is 11.6 Å². The molecule has 0 unspecified atom stereocenters. The second kappa shape index (κ2) is 10.0. The Morgan fingerprint density at radius 1 is 1.18 bits per heavy atom. The maximum absolute atomic E-state index is 11.6. The van der Waals surface area contributed by atoms with E-state index in [0.29, 0.717) is 22.3 Å². The Hall–Kier alpha value is -3.49. The Morgan fingerprint density at radius 2 is 1.97 bits per heavy atom. The Labute approximate surface area is 226 Å². The van der Waals surface area contributed by atoms with Gasteiger partial charge >= 0.3 is 5.97 Å². The van der Waals surface area contributed by atoms with E-state index in [-0.39, 0.29) is 0 Å². The standard InChI is InChI=1S/C29H31ClN4O4/c1-32-17-22(29(35)36)20-9-8-19(16-24(20)32)34-14-12-33(13-15-34)11-10-21-27(31-38-28(21)18-6-7-18)26-23(30)4-3-5-25(26)37-2/h3-5,8-9,16-18H,6-7,10-15H2,1-2H3,(H,35,36). The number of anilines is 1. The number of aromatic carboxylic acids is 1. The van der Waals surface area contributed by atoms with Crippen molar-refractivity contribution in [2.75, 3.05) is 44.7 Å². The number of fused-ring (bicyclic) bond motifs is 1. The first-order valence-corrected chi connectivity index (χ1v) is 13.4. The monoisotopic (exact) mass is 534 g/mol. The highest BCUT2D eigenvalue weighted by atomic mass is 35.5. The second-order valence-electron chi connectivity index (χ2n) is 10.2. The molecule has 1 aliphatic heterocycles. The van der Waals surface area contributed by atoms with Crippen LogP contribution in [0.1, 0.15) is 40.4 Å². The van der Waals surface area contributed by atoms with Crippen LogP contribution in [-0.2, 0) is 13.5 Å². The van der Waals surface area contributed by atoms with E-state index in [0.717, 1.165) is 91.2 Å². The number of methoxy groups -OCH3 is 1. The summed E-state index contributed by atoms with van der Waals surface area (Å²) in [7, 11) is 3.54. The average Bonchev–Trinajstić information content (AvgIpc) is 3.60. The summed E-state index contributed by atoms with van der Waals surface area (Å²) < 4.78 is 13.4. The van der Waals surface area contributed by atoms with Crippen molar-refractivity contribution in [1.82, 2.24) is 14.6 Å². The zero-order chi connectivity index (χ0) is 26.4. The van der Waals surface area contributed by atoms with Crippen LogP contribution in [0.15, 0.2) is 47.1 Å². The maximum atomic E-state index is 11.6. The van der Waals surface area contributed by atoms with Crippen LogP contribution in [0.25, 0.3) is 22.2 Å². The number of nitrogens with zero attached hydrogens (tertiary/aromatic N) is 4. The van der Waals surface area contributed by atoms with Crippen LogP contribution in [0.2, 0.25) is 5.02 Å². The van der Waals surface area contributed by atoms with Gasteiger partial charge in [0.2, 0.25) is 0 Å². The van der Waals surface area contributed by atoms with Gasteiger partial charge in [-0.25, -0.2) is 4.79 Å². The Kier molecular flexibility index (Phi) is 6.53. The minimum atomic E-state index is -0.897. The SMILES string of the molecule is COc1cccc(Cl)c1-c1noc(C2CC2)c1CCN1CCN(c2ccc3c(C(=O)O)cn(C)c3c2)CC1. The van der Waals surface area contributed by atoms with Crippen molar-refractivity contribution in [3.05, 3.63) is 64.5 Å². The van der Waals surface area contributed by atoms with Gasteiger partial charge in [0.25, 0.3) is 0 Å². The fourth-order valence-corrected chi connectivity index (χ4v) is 5.82. The quantitative estimate of drug-likeness (QED) is 0.322. The molecule has 9 heteroatoms. The van der Waals surface area contributed by atoms with Crippen molar-refractivity contribution >= 4 is 34.2 Å². The molecule has 0 spiro atoms. The van der Waals surface area contributed by atoms with E-state index in [2.05, 4.69) is 21.0 Å². The van der Waals surface area contributed by atoms with Gasteiger partial charge in [-0.15, -0.1) is 0 Å². The first-order valence-electron chi connectivity index (χ1n) is 13.1. The summed E-state index contributed by atoms with van der Waals surface area (Å²) in [5, 5.41) is 15.3. The van der Waals surface area contributed by atoms with E-state index in [4.69, 9.17) is 20.9 Å². The summed E-state index contributed by atoms with van der Waals surface area (Å²) in [4.78, 5) is 16.4. The molecule has 38 heavy (non-hydrogen) atoms. The number of aromatic nitrogens is 2. The molecule has 1 saturated heterocycles. The molecule has 1 aliphatic carbocycles. The molecule has 0 atom stereocenters. The number of hydrogen-bond donors (Lipinski definition) is 1. The highest BCUT2D eigenvalue weighted by Crippen LogP contribution is 2.46. The fraction of sp³-hybridized carbons (Fsp3) is 0.379. The highest BCUT2D eigenvalue weighted by Gasteiger charge is 2.34. The third kappa shape index (κ3) is 4.52. The number of aryl methyl sites for hydroxylation is 1. The molecule has 4 aromatic rings. The fourth-order valence-electron chi connectivity index (χ4n) is 5.57. The van der Waals surface area contributed by atoms with Crippen LogP contribution in [0.4, 0.5) is 5.69 Å². The molecular formula is C29H31ClN4O4. The van der Waals surface area contributed by atoms with Gasteiger partial charge in [-0.2, -0.15) is 0 Å². The van der Waals surface area contributed by atoms with Crippen LogP contribution < -0.4 is 9.64 Å². The number of hydrogen-bond acceptors (Lipinski definition) is 6. The number of carbonyl (C=O) groups is 1. The molecule has 6 rings (SSSR count). The number of rotatable bonds is 8. The lowest BCUT2D eigenvalue weighted by molar-refractivity contribution is 0.0699. The highest BCUT2D eigenvalue weighted by molar-refractivity contribution is 6.33. The van der Waals surface area contributed by atoms with Gasteiger partial charge in [-0.1, -0.05) is 22.8 Å². The number of benzene rings is 2. The van der Waals surface area contributed by atoms with Gasteiger partial charge in [0.1, 0.15) is 17.2 Å². The number of carboxylic acids is 1. The Bertz CT molecular complexity index is 1500. The van der Waals surface area contributed by atoms with Crippen LogP contribution in [0.5, 0.6) is 5.75 Å². The van der Waals surface area contributed by atoms with Crippen molar-refractivity contribution in [3.63, 3.8) is 0 Å². The third-order valence-corrected chi connectivity index (χ3v) is 8.13. The smallest absolute Gasteiger partial charge is 0.337 e. The van der Waals surface area contributed by atoms with E-state index >= 15 is 0 Å². The maximum Gasteiger partial charge on any atom is 0.337 e. The van der Waals surface area contributed by atoms with Gasteiger partial charge in [-0.3, -0.25) is 4.90 Å². The van der Waals surface area contributed by atoms with Gasteiger partial charge in [0, 0.05) is 68.5 Å². The lowest BCUT2D eigenvalue weighted by Gasteiger charge is -2.36. The third-order valence-electron chi connectivity index (χ3n) is 7.82. The van der Waals surface area contributed by atoms with Crippen molar-refractivity contribution in [3.8, 4) is 17.0 Å². The van der Waals surface area contributed by atoms with Crippen molar-refractivity contribution in [1.29, 1.82) is 0 Å². The predicted octanol–water partition coefficient (Wildman–Crippen LogP) is 5.44. The molecule has 0 amide bonds. The van der Waals surface area contributed by atoms with E-state index in [1.165, 1.54) is 0 Å². The average molecular weight is 535 g/mol. The van der Waals surface area contributed by atoms with Crippen molar-refractivity contribution < 1.29 is 19.2 Å². The first-order chi connectivity index (χ1) is 18.4. The lowest BCUT2D eigenvalue weighted by atomic mass is 10.0. The molecule has 2 aromatic heterocycles. The minimum Gasteiger partial charge on any atom is -0.496 e. The van der Waals surface area contributed by atoms with Gasteiger partial charge in [-0.05, 0) is 49.6 Å². The summed E-state index contributed by atoms with van der Waals surface area (Å²) in [6.45, 7) is 4.62. The number of ether oxygens (including phenoxy) is 1. The summed E-state index contributed by atoms with van der Waals surface area (Å²) in [5.41, 5.74) is 5.14. The zero-order valence-electron chi connectivity index (χ0n) is 21.6. The number of piperazine rings is 1. The number of carboxylic acid groups (broad SMARTS) is 1. The summed E-state index contributed by atoms with van der Waals surface area (Å²) >= 11 is 6.60. The Balaban J connectivity index is 1.16. The van der Waals surface area contributed by atoms with Crippen molar-refractivity contribution in [2.24, 2.45) is 7.05 Å². The van der Waals surface area contributed by atoms with E-state index in [1.54, 1.807) is 13.3 Å². The first kappa shape index (κ1) is 24.8. The molecule has 0 radical (unpaired) electrons. The van der Waals surface area contributed by atoms with Gasteiger partial charge in [0.15, 0.2) is 0 Å². The van der Waals surface area contributed by atoms with E-state index in [9.17, 15) is 9.90 Å². The van der Waals surface area contributed by atoms with Gasteiger partial charge < -0.3 is 23.8 Å². The second-order valence-corrected chi connectivity index (χ2v) is 10.6. The van der Waals surface area contributed by atoms with Crippen molar-refractivity contribution in [2.45, 2.75) is 25.2 Å². The zero-order valence-corrected chi connectivity index (χ0v) is 22.4. The minimum absolute atomic E-state index is 0.340. The van der Waals surface area contributed by atoms with Crippen LogP contribution in [-0.4, -0.2) is 65.5 Å². The Morgan fingerprint density at radius 3 is 2.68 bits per heavy atom. The predicted molar refractivity (Wildman–Crippen MR) is 148 cm³/mol. The summed E-state index contributed by atoms with van der Waals surface area (Å²) in [6.07, 6.45) is 4.80. The summed E-state index contributed by atoms with van der Waals surface area (Å²) in [6, 6.07) is 11.7. The molecule has 2 aromatic carbocycles.